The molecule has 0 bridgehead atoms. The van der Waals surface area contributed by atoms with Gasteiger partial charge in [-0.05, 0) is 20.3 Å². The van der Waals surface area contributed by atoms with Crippen LogP contribution in [0.25, 0.3) is 0 Å². The molecule has 7 heteroatoms. The molecular weight excluding hydrogens is 252 g/mol. The molecule has 0 saturated carbocycles. The van der Waals surface area contributed by atoms with Crippen molar-refractivity contribution >= 4 is 17.8 Å². The Morgan fingerprint density at radius 3 is 2.32 bits per heavy atom. The first-order valence-electron chi connectivity index (χ1n) is 6.26. The normalized spacial score (nSPS) is 13.7. The molecule has 2 atom stereocenters. The fourth-order valence-electron chi connectivity index (χ4n) is 1.41. The van der Waals surface area contributed by atoms with Gasteiger partial charge in [-0.25, -0.2) is 4.79 Å². The van der Waals surface area contributed by atoms with Crippen LogP contribution in [0, 0.1) is 0 Å². The second-order valence-electron chi connectivity index (χ2n) is 4.54. The molecular formula is C12H22N2O5. The summed E-state index contributed by atoms with van der Waals surface area (Å²) in [5.74, 6) is -2.37. The zero-order chi connectivity index (χ0) is 15.0. The summed E-state index contributed by atoms with van der Waals surface area (Å²) < 4.78 is 5.02. The molecule has 110 valence electrons. The summed E-state index contributed by atoms with van der Waals surface area (Å²) >= 11 is 0. The minimum atomic E-state index is -1.18. The molecule has 0 aromatic carbocycles. The number of carbonyl (C=O) groups excluding carboxylic acids is 2. The van der Waals surface area contributed by atoms with E-state index in [1.807, 2.05) is 6.92 Å². The van der Waals surface area contributed by atoms with Crippen LogP contribution in [0.15, 0.2) is 0 Å². The van der Waals surface area contributed by atoms with Gasteiger partial charge in [0.15, 0.2) is 0 Å². The third-order valence-corrected chi connectivity index (χ3v) is 2.26. The Labute approximate surface area is 112 Å². The molecule has 0 fully saturated rings. The number of nitrogens with two attached hydrogens (primary N) is 1. The Balaban J connectivity index is 4.52. The van der Waals surface area contributed by atoms with Gasteiger partial charge in [-0.2, -0.15) is 0 Å². The molecule has 0 rings (SSSR count). The topological polar surface area (TPSA) is 119 Å². The van der Waals surface area contributed by atoms with Gasteiger partial charge in [-0.1, -0.05) is 13.3 Å². The summed E-state index contributed by atoms with van der Waals surface area (Å²) in [4.78, 5) is 33.8. The number of carboxylic acid groups (broad SMARTS) is 1. The van der Waals surface area contributed by atoms with Gasteiger partial charge in [-0.3, -0.25) is 9.59 Å². The highest BCUT2D eigenvalue weighted by molar-refractivity contribution is 5.89. The number of rotatable bonds is 8. The van der Waals surface area contributed by atoms with E-state index in [0.717, 1.165) is 0 Å². The van der Waals surface area contributed by atoms with Crippen molar-refractivity contribution in [3.63, 3.8) is 0 Å². The predicted molar refractivity (Wildman–Crippen MR) is 68.3 cm³/mol. The quantitative estimate of drug-likeness (QED) is 0.537. The van der Waals surface area contributed by atoms with E-state index in [4.69, 9.17) is 15.6 Å². The highest BCUT2D eigenvalue weighted by atomic mass is 16.5. The first-order valence-corrected chi connectivity index (χ1v) is 6.26. The molecule has 0 unspecified atom stereocenters. The fourth-order valence-corrected chi connectivity index (χ4v) is 1.41. The standard InChI is InChI=1S/C12H22N2O5/c1-4-5-9(12(18)19-7(2)3)14-11(17)8(13)6-10(15)16/h7-9H,4-6,13H2,1-3H3,(H,14,17)(H,15,16)/t8-,9-/m0/s1. The number of carboxylic acids is 1. The second kappa shape index (κ2) is 8.47. The molecule has 0 aromatic rings. The SMILES string of the molecule is CCC[C@H](NC(=O)[C@@H](N)CC(=O)O)C(=O)OC(C)C. The predicted octanol–water partition coefficient (Wildman–Crippen LogP) is 0.0249. The minimum absolute atomic E-state index is 0.281. The van der Waals surface area contributed by atoms with E-state index in [0.29, 0.717) is 12.8 Å². The second-order valence-corrected chi connectivity index (χ2v) is 4.54. The van der Waals surface area contributed by atoms with Crippen molar-refractivity contribution in [2.75, 3.05) is 0 Å². The van der Waals surface area contributed by atoms with Crippen LogP contribution in [0.4, 0.5) is 0 Å². The van der Waals surface area contributed by atoms with Gasteiger partial charge in [0.05, 0.1) is 18.6 Å². The maximum absolute atomic E-state index is 11.7. The molecule has 0 aliphatic rings. The van der Waals surface area contributed by atoms with E-state index < -0.39 is 36.4 Å². The summed E-state index contributed by atoms with van der Waals surface area (Å²) in [5.41, 5.74) is 5.42. The number of hydrogen-bond acceptors (Lipinski definition) is 5. The summed E-state index contributed by atoms with van der Waals surface area (Å²) in [6.07, 6.45) is 0.323. The van der Waals surface area contributed by atoms with Gasteiger partial charge >= 0.3 is 11.9 Å². The van der Waals surface area contributed by atoms with E-state index in [-0.39, 0.29) is 6.10 Å². The number of nitrogens with one attached hydrogen (secondary N) is 1. The van der Waals surface area contributed by atoms with E-state index in [2.05, 4.69) is 5.32 Å². The fraction of sp³-hybridized carbons (Fsp3) is 0.750. The maximum Gasteiger partial charge on any atom is 0.328 e. The van der Waals surface area contributed by atoms with E-state index in [9.17, 15) is 14.4 Å². The van der Waals surface area contributed by atoms with Crippen molar-refractivity contribution in [2.24, 2.45) is 5.73 Å². The summed E-state index contributed by atoms with van der Waals surface area (Å²) in [6, 6.07) is -1.97. The molecule has 0 radical (unpaired) electrons. The van der Waals surface area contributed by atoms with Crippen molar-refractivity contribution in [3.8, 4) is 0 Å². The van der Waals surface area contributed by atoms with Crippen LogP contribution in [0.1, 0.15) is 40.0 Å². The van der Waals surface area contributed by atoms with Crippen LogP contribution in [0.2, 0.25) is 0 Å². The molecule has 0 spiro atoms. The molecule has 0 saturated heterocycles. The van der Waals surface area contributed by atoms with Crippen LogP contribution in [-0.4, -0.2) is 41.1 Å². The molecule has 1 amide bonds. The van der Waals surface area contributed by atoms with Crippen LogP contribution in [-0.2, 0) is 19.1 Å². The molecule has 0 aliphatic carbocycles. The zero-order valence-electron chi connectivity index (χ0n) is 11.5. The molecule has 7 nitrogen and oxygen atoms in total. The first-order chi connectivity index (χ1) is 8.77. The number of esters is 1. The summed E-state index contributed by atoms with van der Waals surface area (Å²) in [5, 5.41) is 11.0. The average Bonchev–Trinajstić information content (AvgIpc) is 2.26. The first kappa shape index (κ1) is 17.4. The lowest BCUT2D eigenvalue weighted by Gasteiger charge is -2.20. The van der Waals surface area contributed by atoms with Crippen molar-refractivity contribution in [1.29, 1.82) is 0 Å². The Bertz CT molecular complexity index is 330. The van der Waals surface area contributed by atoms with E-state index in [1.54, 1.807) is 13.8 Å². The lowest BCUT2D eigenvalue weighted by atomic mass is 10.1. The number of ether oxygens (including phenoxy) is 1. The summed E-state index contributed by atoms with van der Waals surface area (Å²) in [7, 11) is 0. The van der Waals surface area contributed by atoms with Gasteiger partial charge in [0.1, 0.15) is 6.04 Å². The molecule has 0 aromatic heterocycles. The Morgan fingerprint density at radius 1 is 1.32 bits per heavy atom. The lowest BCUT2D eigenvalue weighted by molar-refractivity contribution is -0.151. The van der Waals surface area contributed by atoms with Gasteiger partial charge < -0.3 is 20.9 Å². The molecule has 4 N–H and O–H groups in total. The lowest BCUT2D eigenvalue weighted by Crippen LogP contribution is -2.49. The Morgan fingerprint density at radius 2 is 1.89 bits per heavy atom. The summed E-state index contributed by atoms with van der Waals surface area (Å²) in [6.45, 7) is 5.27. The highest BCUT2D eigenvalue weighted by Crippen LogP contribution is 2.03. The Hall–Kier alpha value is -1.63. The number of hydrogen-bond donors (Lipinski definition) is 3. The van der Waals surface area contributed by atoms with E-state index >= 15 is 0 Å². The van der Waals surface area contributed by atoms with Crippen LogP contribution in [0.3, 0.4) is 0 Å². The molecule has 0 aliphatic heterocycles. The largest absolute Gasteiger partial charge is 0.481 e. The zero-order valence-corrected chi connectivity index (χ0v) is 11.5. The van der Waals surface area contributed by atoms with Crippen molar-refractivity contribution in [1.82, 2.24) is 5.32 Å². The third-order valence-electron chi connectivity index (χ3n) is 2.26. The van der Waals surface area contributed by atoms with Crippen LogP contribution in [0.5, 0.6) is 0 Å². The monoisotopic (exact) mass is 274 g/mol. The highest BCUT2D eigenvalue weighted by Gasteiger charge is 2.25. The average molecular weight is 274 g/mol. The van der Waals surface area contributed by atoms with Gasteiger partial charge in [-0.15, -0.1) is 0 Å². The van der Waals surface area contributed by atoms with Gasteiger partial charge in [0.2, 0.25) is 5.91 Å². The molecule has 19 heavy (non-hydrogen) atoms. The van der Waals surface area contributed by atoms with Gasteiger partial charge in [0, 0.05) is 0 Å². The van der Waals surface area contributed by atoms with E-state index in [1.165, 1.54) is 0 Å². The van der Waals surface area contributed by atoms with Crippen molar-refractivity contribution < 1.29 is 24.2 Å². The van der Waals surface area contributed by atoms with Crippen LogP contribution >= 0.6 is 0 Å². The Kier molecular flexibility index (Phi) is 7.74. The van der Waals surface area contributed by atoms with Crippen molar-refractivity contribution in [3.05, 3.63) is 0 Å². The van der Waals surface area contributed by atoms with Gasteiger partial charge in [0.25, 0.3) is 0 Å². The number of aliphatic carboxylic acids is 1. The smallest absolute Gasteiger partial charge is 0.328 e. The number of amides is 1. The van der Waals surface area contributed by atoms with Crippen molar-refractivity contribution in [2.45, 2.75) is 58.2 Å². The molecule has 0 heterocycles. The number of carbonyl (C=O) groups is 3. The maximum atomic E-state index is 11.7. The third kappa shape index (κ3) is 7.40. The van der Waals surface area contributed by atoms with Crippen LogP contribution < -0.4 is 11.1 Å². The minimum Gasteiger partial charge on any atom is -0.481 e.